The van der Waals surface area contributed by atoms with Crippen molar-refractivity contribution in [3.63, 3.8) is 0 Å². The molecule has 1 saturated heterocycles. The molecule has 1 fully saturated rings. The average molecular weight is 195 g/mol. The van der Waals surface area contributed by atoms with Gasteiger partial charge in [0, 0.05) is 25.3 Å². The first-order valence-corrected chi connectivity index (χ1v) is 5.07. The number of piperazine rings is 1. The van der Waals surface area contributed by atoms with Gasteiger partial charge in [-0.25, -0.2) is 5.84 Å². The summed E-state index contributed by atoms with van der Waals surface area (Å²) in [5.41, 5.74) is 1.17. The van der Waals surface area contributed by atoms with Gasteiger partial charge >= 0.3 is 0 Å². The summed E-state index contributed by atoms with van der Waals surface area (Å²) in [5, 5.41) is 10.8. The lowest BCUT2D eigenvalue weighted by atomic mass is 10.0. The van der Waals surface area contributed by atoms with Crippen LogP contribution in [0.1, 0.15) is 6.42 Å². The maximum atomic E-state index is 8.95. The summed E-state index contributed by atoms with van der Waals surface area (Å²) in [5.74, 6) is 5.89. The van der Waals surface area contributed by atoms with Crippen molar-refractivity contribution < 1.29 is 5.11 Å². The van der Waals surface area contributed by atoms with Crippen LogP contribution >= 0.6 is 0 Å². The first kappa shape index (κ1) is 9.71. The van der Waals surface area contributed by atoms with Gasteiger partial charge in [0.1, 0.15) is 0 Å². The van der Waals surface area contributed by atoms with Crippen LogP contribution in [0.2, 0.25) is 0 Å². The van der Waals surface area contributed by atoms with Gasteiger partial charge in [-0.2, -0.15) is 0 Å². The predicted octanol–water partition coefficient (Wildman–Crippen LogP) is -0.318. The third-order valence-electron chi connectivity index (χ3n) is 2.89. The van der Waals surface area contributed by atoms with E-state index in [0.717, 1.165) is 26.1 Å². The molecule has 1 aliphatic heterocycles. The zero-order chi connectivity index (χ0) is 9.97. The van der Waals surface area contributed by atoms with Gasteiger partial charge in [-0.15, -0.1) is 0 Å². The van der Waals surface area contributed by atoms with Crippen LogP contribution in [0.25, 0.3) is 0 Å². The Balaban J connectivity index is 2.12. The molecule has 1 atom stereocenters. The molecule has 3 N–H and O–H groups in total. The van der Waals surface area contributed by atoms with Gasteiger partial charge in [-0.05, 0) is 12.5 Å². The Bertz CT molecular complexity index is 262. The molecule has 1 heterocycles. The molecule has 0 radical (unpaired) electrons. The van der Waals surface area contributed by atoms with Crippen molar-refractivity contribution in [1.29, 1.82) is 0 Å². The molecule has 0 saturated carbocycles. The molecule has 14 heavy (non-hydrogen) atoms. The molecule has 0 aromatic heterocycles. The molecule has 4 heteroatoms. The van der Waals surface area contributed by atoms with E-state index in [1.165, 1.54) is 5.70 Å². The molecule has 0 aromatic carbocycles. The number of nitrogens with two attached hydrogens (primary N) is 1. The van der Waals surface area contributed by atoms with E-state index in [4.69, 9.17) is 10.9 Å². The van der Waals surface area contributed by atoms with Crippen LogP contribution in [-0.4, -0.2) is 47.3 Å². The SMILES string of the molecule is NN1CCN(CCO)C2CC=CC=C21. The van der Waals surface area contributed by atoms with Crippen molar-refractivity contribution in [2.45, 2.75) is 12.5 Å². The average Bonchev–Trinajstić information content (AvgIpc) is 2.23. The van der Waals surface area contributed by atoms with Gasteiger partial charge in [-0.1, -0.05) is 12.2 Å². The summed E-state index contributed by atoms with van der Waals surface area (Å²) in [7, 11) is 0. The molecule has 2 rings (SSSR count). The van der Waals surface area contributed by atoms with Crippen LogP contribution in [0.5, 0.6) is 0 Å². The molecule has 0 spiro atoms. The minimum atomic E-state index is 0.220. The zero-order valence-electron chi connectivity index (χ0n) is 8.26. The van der Waals surface area contributed by atoms with E-state index in [1.807, 2.05) is 11.1 Å². The molecular weight excluding hydrogens is 178 g/mol. The van der Waals surface area contributed by atoms with Crippen LogP contribution in [0.3, 0.4) is 0 Å². The third kappa shape index (κ3) is 1.68. The number of allylic oxidation sites excluding steroid dienone is 2. The molecule has 0 amide bonds. The summed E-state index contributed by atoms with van der Waals surface area (Å²) in [6.45, 7) is 2.74. The van der Waals surface area contributed by atoms with Crippen molar-refractivity contribution in [2.75, 3.05) is 26.2 Å². The largest absolute Gasteiger partial charge is 0.395 e. The Morgan fingerprint density at radius 3 is 3.14 bits per heavy atom. The fourth-order valence-corrected chi connectivity index (χ4v) is 2.15. The summed E-state index contributed by atoms with van der Waals surface area (Å²) < 4.78 is 0. The highest BCUT2D eigenvalue weighted by atomic mass is 16.3. The Hall–Kier alpha value is -0.840. The molecule has 0 aromatic rings. The molecule has 1 aliphatic carbocycles. The second-order valence-corrected chi connectivity index (χ2v) is 3.72. The summed E-state index contributed by atoms with van der Waals surface area (Å²) in [6.07, 6.45) is 7.27. The number of aliphatic hydroxyl groups excluding tert-OH is 1. The Morgan fingerprint density at radius 2 is 2.36 bits per heavy atom. The maximum absolute atomic E-state index is 8.95. The summed E-state index contributed by atoms with van der Waals surface area (Å²) in [4.78, 5) is 2.29. The van der Waals surface area contributed by atoms with Gasteiger partial charge in [-0.3, -0.25) is 4.90 Å². The van der Waals surface area contributed by atoms with E-state index < -0.39 is 0 Å². The van der Waals surface area contributed by atoms with E-state index in [-0.39, 0.29) is 6.61 Å². The van der Waals surface area contributed by atoms with Crippen LogP contribution in [-0.2, 0) is 0 Å². The number of fused-ring (bicyclic) bond motifs is 1. The van der Waals surface area contributed by atoms with Crippen LogP contribution in [0, 0.1) is 0 Å². The third-order valence-corrected chi connectivity index (χ3v) is 2.89. The summed E-state index contributed by atoms with van der Waals surface area (Å²) in [6, 6.07) is 0.367. The van der Waals surface area contributed by atoms with Crippen molar-refractivity contribution in [1.82, 2.24) is 9.91 Å². The minimum Gasteiger partial charge on any atom is -0.395 e. The van der Waals surface area contributed by atoms with Crippen LogP contribution in [0.15, 0.2) is 23.9 Å². The molecule has 2 aliphatic rings. The normalized spacial score (nSPS) is 27.4. The maximum Gasteiger partial charge on any atom is 0.0558 e. The Morgan fingerprint density at radius 1 is 1.50 bits per heavy atom. The molecular formula is C10H17N3O. The van der Waals surface area contributed by atoms with Gasteiger partial charge in [0.05, 0.1) is 12.6 Å². The second kappa shape index (κ2) is 4.13. The predicted molar refractivity (Wildman–Crippen MR) is 55.2 cm³/mol. The van der Waals surface area contributed by atoms with Gasteiger partial charge in [0.25, 0.3) is 0 Å². The lowest BCUT2D eigenvalue weighted by Gasteiger charge is -2.42. The highest BCUT2D eigenvalue weighted by Crippen LogP contribution is 2.24. The van der Waals surface area contributed by atoms with Gasteiger partial charge in [0.2, 0.25) is 0 Å². The highest BCUT2D eigenvalue weighted by Gasteiger charge is 2.29. The van der Waals surface area contributed by atoms with Gasteiger partial charge in [0.15, 0.2) is 0 Å². The number of rotatable bonds is 2. The molecule has 0 bridgehead atoms. The number of aliphatic hydroxyl groups is 1. The van der Waals surface area contributed by atoms with Crippen LogP contribution < -0.4 is 5.84 Å². The lowest BCUT2D eigenvalue weighted by molar-refractivity contribution is 0.0978. The zero-order valence-corrected chi connectivity index (χ0v) is 8.26. The van der Waals surface area contributed by atoms with Crippen molar-refractivity contribution >= 4 is 0 Å². The van der Waals surface area contributed by atoms with E-state index in [2.05, 4.69) is 17.1 Å². The van der Waals surface area contributed by atoms with Crippen LogP contribution in [0.4, 0.5) is 0 Å². The second-order valence-electron chi connectivity index (χ2n) is 3.72. The first-order chi connectivity index (χ1) is 6.83. The summed E-state index contributed by atoms with van der Waals surface area (Å²) >= 11 is 0. The van der Waals surface area contributed by atoms with Crippen molar-refractivity contribution in [3.8, 4) is 0 Å². The number of hydrogen-bond donors (Lipinski definition) is 2. The number of hydrogen-bond acceptors (Lipinski definition) is 4. The topological polar surface area (TPSA) is 52.7 Å². The monoisotopic (exact) mass is 195 g/mol. The van der Waals surface area contributed by atoms with E-state index >= 15 is 0 Å². The van der Waals surface area contributed by atoms with Gasteiger partial charge < -0.3 is 10.1 Å². The molecule has 4 nitrogen and oxygen atoms in total. The minimum absolute atomic E-state index is 0.220. The van der Waals surface area contributed by atoms with E-state index in [0.29, 0.717) is 6.04 Å². The Labute approximate surface area is 84.3 Å². The standard InChI is InChI=1S/C10H17N3O/c11-13-6-5-12(7-8-14)9-3-1-2-4-10(9)13/h1-2,4,9,14H,3,5-8,11H2. The van der Waals surface area contributed by atoms with Crippen molar-refractivity contribution in [3.05, 3.63) is 23.9 Å². The molecule has 1 unspecified atom stereocenters. The smallest absolute Gasteiger partial charge is 0.0558 e. The Kier molecular flexibility index (Phi) is 2.86. The first-order valence-electron chi connectivity index (χ1n) is 5.07. The highest BCUT2D eigenvalue weighted by molar-refractivity contribution is 5.24. The van der Waals surface area contributed by atoms with E-state index in [9.17, 15) is 0 Å². The fourth-order valence-electron chi connectivity index (χ4n) is 2.15. The number of hydrazine groups is 1. The molecule has 78 valence electrons. The van der Waals surface area contributed by atoms with E-state index in [1.54, 1.807) is 0 Å². The quantitative estimate of drug-likeness (QED) is 0.593. The lowest BCUT2D eigenvalue weighted by Crippen LogP contribution is -2.54. The van der Waals surface area contributed by atoms with Crippen molar-refractivity contribution in [2.24, 2.45) is 5.84 Å². The fraction of sp³-hybridized carbons (Fsp3) is 0.600. The number of nitrogens with zero attached hydrogens (tertiary/aromatic N) is 2. The number of β-amino-alcohol motifs (C(OH)–C–C–N with tert-alkyl or cyclic N) is 1.